The second kappa shape index (κ2) is 13.1. The Balaban J connectivity index is 1.33. The minimum Gasteiger partial charge on any atom is -0.264 e. The summed E-state index contributed by atoms with van der Waals surface area (Å²) in [6.07, 6.45) is 3.72. The Kier molecular flexibility index (Phi) is 7.87. The van der Waals surface area contributed by atoms with E-state index >= 15 is 0 Å². The van der Waals surface area contributed by atoms with Crippen molar-refractivity contribution < 1.29 is 0 Å². The van der Waals surface area contributed by atoms with Gasteiger partial charge in [-0.3, -0.25) is 4.98 Å². The molecule has 0 fully saturated rings. The predicted octanol–water partition coefficient (Wildman–Crippen LogP) is 10.9. The van der Waals surface area contributed by atoms with E-state index in [2.05, 4.69) is 102 Å². The summed E-state index contributed by atoms with van der Waals surface area (Å²) in [6, 6.07) is 58.6. The zero-order valence-electron chi connectivity index (χ0n) is 26.1. The molecule has 0 bridgehead atoms. The maximum atomic E-state index is 5.07. The quantitative estimate of drug-likeness (QED) is 0.179. The molecular formula is C44H30N4. The van der Waals surface area contributed by atoms with Crippen molar-refractivity contribution in [1.82, 2.24) is 19.9 Å². The summed E-state index contributed by atoms with van der Waals surface area (Å²) in [6.45, 7) is 0. The third-order valence-electron chi connectivity index (χ3n) is 8.45. The molecule has 6 aromatic carbocycles. The van der Waals surface area contributed by atoms with Crippen molar-refractivity contribution >= 4 is 0 Å². The molecule has 0 aliphatic heterocycles. The van der Waals surface area contributed by atoms with Gasteiger partial charge in [-0.05, 0) is 63.2 Å². The lowest BCUT2D eigenvalue weighted by Gasteiger charge is -2.17. The van der Waals surface area contributed by atoms with Crippen molar-refractivity contribution in [1.29, 1.82) is 0 Å². The molecular weight excluding hydrogens is 585 g/mol. The third kappa shape index (κ3) is 5.91. The van der Waals surface area contributed by atoms with Crippen LogP contribution in [0.3, 0.4) is 0 Å². The molecule has 48 heavy (non-hydrogen) atoms. The summed E-state index contributed by atoms with van der Waals surface area (Å²) in [5, 5.41) is 0. The van der Waals surface area contributed by atoms with Gasteiger partial charge in [0.05, 0.1) is 0 Å². The van der Waals surface area contributed by atoms with Gasteiger partial charge >= 0.3 is 0 Å². The first-order valence-corrected chi connectivity index (χ1v) is 16.0. The Morgan fingerprint density at radius 3 is 1.25 bits per heavy atom. The Morgan fingerprint density at radius 2 is 0.708 bits per heavy atom. The summed E-state index contributed by atoms with van der Waals surface area (Å²) < 4.78 is 0. The summed E-state index contributed by atoms with van der Waals surface area (Å²) in [7, 11) is 0. The SMILES string of the molecule is c1ccc(-c2nc(-c3ccccc3)nc(-c3ccc(-c4ccc(-c5cccnc5)cc4-c4ccccc4)cc3-c3ccccc3)n2)cc1. The molecule has 8 rings (SSSR count). The molecule has 0 amide bonds. The van der Waals surface area contributed by atoms with Gasteiger partial charge in [0.1, 0.15) is 0 Å². The normalized spacial score (nSPS) is 10.9. The highest BCUT2D eigenvalue weighted by Gasteiger charge is 2.18. The average Bonchev–Trinajstić information content (AvgIpc) is 3.19. The molecule has 4 nitrogen and oxygen atoms in total. The molecule has 226 valence electrons. The first-order chi connectivity index (χ1) is 23.8. The monoisotopic (exact) mass is 614 g/mol. The van der Waals surface area contributed by atoms with Crippen molar-refractivity contribution in [2.24, 2.45) is 0 Å². The van der Waals surface area contributed by atoms with Crippen LogP contribution >= 0.6 is 0 Å². The summed E-state index contributed by atoms with van der Waals surface area (Å²) in [5.74, 6) is 1.91. The smallest absolute Gasteiger partial charge is 0.164 e. The van der Waals surface area contributed by atoms with E-state index in [1.807, 2.05) is 79.0 Å². The first kappa shape index (κ1) is 28.9. The lowest BCUT2D eigenvalue weighted by atomic mass is 9.88. The minimum atomic E-state index is 0.628. The third-order valence-corrected chi connectivity index (χ3v) is 8.45. The van der Waals surface area contributed by atoms with Crippen molar-refractivity contribution in [2.75, 3.05) is 0 Å². The Bertz CT molecular complexity index is 2250. The number of hydrogen-bond donors (Lipinski definition) is 0. The first-order valence-electron chi connectivity index (χ1n) is 16.0. The molecule has 0 aliphatic rings. The molecule has 0 spiro atoms. The van der Waals surface area contributed by atoms with Gasteiger partial charge in [0.2, 0.25) is 0 Å². The molecule has 0 saturated carbocycles. The Morgan fingerprint density at radius 1 is 0.271 bits per heavy atom. The van der Waals surface area contributed by atoms with Crippen molar-refractivity contribution in [3.05, 3.63) is 182 Å². The largest absolute Gasteiger partial charge is 0.264 e. The molecule has 0 aliphatic carbocycles. The molecule has 2 aromatic heterocycles. The standard InChI is InChI=1S/C44H30N4/c1-5-14-31(15-6-1)40-28-35(37-22-13-27-45-30-37)23-25-38(40)36-24-26-39(41(29-36)32-16-7-2-8-17-32)44-47-42(33-18-9-3-10-19-33)46-43(48-44)34-20-11-4-12-21-34/h1-30H. The molecule has 0 saturated heterocycles. The lowest BCUT2D eigenvalue weighted by molar-refractivity contribution is 1.07. The van der Waals surface area contributed by atoms with E-state index in [-0.39, 0.29) is 0 Å². The van der Waals surface area contributed by atoms with E-state index in [1.54, 1.807) is 6.20 Å². The van der Waals surface area contributed by atoms with Gasteiger partial charge in [-0.15, -0.1) is 0 Å². The maximum Gasteiger partial charge on any atom is 0.164 e. The van der Waals surface area contributed by atoms with E-state index in [9.17, 15) is 0 Å². The molecule has 4 heteroatoms. The fraction of sp³-hybridized carbons (Fsp3) is 0. The van der Waals surface area contributed by atoms with E-state index < -0.39 is 0 Å². The van der Waals surface area contributed by atoms with Gasteiger partial charge in [0.15, 0.2) is 17.5 Å². The van der Waals surface area contributed by atoms with E-state index in [0.29, 0.717) is 17.5 Å². The fourth-order valence-corrected chi connectivity index (χ4v) is 6.06. The fourth-order valence-electron chi connectivity index (χ4n) is 6.06. The summed E-state index contributed by atoms with van der Waals surface area (Å²) >= 11 is 0. The molecule has 2 heterocycles. The van der Waals surface area contributed by atoms with Crippen LogP contribution in [0.15, 0.2) is 182 Å². The lowest BCUT2D eigenvalue weighted by Crippen LogP contribution is -2.01. The summed E-state index contributed by atoms with van der Waals surface area (Å²) in [4.78, 5) is 19.4. The zero-order valence-corrected chi connectivity index (χ0v) is 26.1. The Labute approximate surface area is 280 Å². The van der Waals surface area contributed by atoms with Gasteiger partial charge in [-0.1, -0.05) is 146 Å². The van der Waals surface area contributed by atoms with Crippen LogP contribution in [0.5, 0.6) is 0 Å². The maximum absolute atomic E-state index is 5.07. The van der Waals surface area contributed by atoms with E-state index in [4.69, 9.17) is 15.0 Å². The van der Waals surface area contributed by atoms with Crippen molar-refractivity contribution in [2.45, 2.75) is 0 Å². The van der Waals surface area contributed by atoms with Crippen LogP contribution in [-0.4, -0.2) is 19.9 Å². The highest BCUT2D eigenvalue weighted by atomic mass is 15.0. The molecule has 0 radical (unpaired) electrons. The van der Waals surface area contributed by atoms with Crippen molar-refractivity contribution in [3.63, 3.8) is 0 Å². The van der Waals surface area contributed by atoms with E-state index in [1.165, 1.54) is 0 Å². The molecule has 0 N–H and O–H groups in total. The number of hydrogen-bond acceptors (Lipinski definition) is 4. The average molecular weight is 615 g/mol. The molecule has 0 unspecified atom stereocenters. The van der Waals surface area contributed by atoms with Gasteiger partial charge in [-0.25, -0.2) is 15.0 Å². The van der Waals surface area contributed by atoms with Crippen LogP contribution < -0.4 is 0 Å². The number of benzene rings is 6. The van der Waals surface area contributed by atoms with Gasteiger partial charge in [0, 0.05) is 34.6 Å². The number of nitrogens with zero attached hydrogens (tertiary/aromatic N) is 4. The van der Waals surface area contributed by atoms with Gasteiger partial charge in [-0.2, -0.15) is 0 Å². The highest BCUT2D eigenvalue weighted by Crippen LogP contribution is 2.40. The zero-order chi connectivity index (χ0) is 32.1. The van der Waals surface area contributed by atoms with Crippen LogP contribution in [-0.2, 0) is 0 Å². The van der Waals surface area contributed by atoms with Crippen LogP contribution in [0.1, 0.15) is 0 Å². The van der Waals surface area contributed by atoms with Crippen LogP contribution in [0, 0.1) is 0 Å². The van der Waals surface area contributed by atoms with E-state index in [0.717, 1.165) is 61.2 Å². The molecule has 0 atom stereocenters. The minimum absolute atomic E-state index is 0.628. The number of rotatable bonds is 7. The van der Waals surface area contributed by atoms with Gasteiger partial charge in [0.25, 0.3) is 0 Å². The van der Waals surface area contributed by atoms with Crippen LogP contribution in [0.2, 0.25) is 0 Å². The Hall–Kier alpha value is -6.52. The second-order valence-electron chi connectivity index (χ2n) is 11.5. The highest BCUT2D eigenvalue weighted by molar-refractivity contribution is 5.91. The number of aromatic nitrogens is 4. The predicted molar refractivity (Wildman–Crippen MR) is 196 cm³/mol. The summed E-state index contributed by atoms with van der Waals surface area (Å²) in [5.41, 5.74) is 11.7. The van der Waals surface area contributed by atoms with Crippen LogP contribution in [0.25, 0.3) is 78.7 Å². The van der Waals surface area contributed by atoms with Crippen molar-refractivity contribution in [3.8, 4) is 78.7 Å². The van der Waals surface area contributed by atoms with Gasteiger partial charge < -0.3 is 0 Å². The molecule has 8 aromatic rings. The number of pyridine rings is 1. The van der Waals surface area contributed by atoms with Crippen LogP contribution in [0.4, 0.5) is 0 Å². The second-order valence-corrected chi connectivity index (χ2v) is 11.5. The topological polar surface area (TPSA) is 51.6 Å².